The van der Waals surface area contributed by atoms with E-state index in [-0.39, 0.29) is 17.7 Å². The van der Waals surface area contributed by atoms with Gasteiger partial charge in [-0.2, -0.15) is 13.2 Å². The first-order valence-corrected chi connectivity index (χ1v) is 9.94. The molecule has 2 fully saturated rings. The van der Waals surface area contributed by atoms with E-state index in [0.717, 1.165) is 13.0 Å². The number of hydrogen-bond acceptors (Lipinski definition) is 3. The number of nitrogens with one attached hydrogen (secondary N) is 1. The molecule has 0 radical (unpaired) electrons. The van der Waals surface area contributed by atoms with Crippen LogP contribution in [0.5, 0.6) is 0 Å². The van der Waals surface area contributed by atoms with Gasteiger partial charge in [-0.25, -0.2) is 4.39 Å². The summed E-state index contributed by atoms with van der Waals surface area (Å²) in [6.07, 6.45) is -4.06. The zero-order valence-electron chi connectivity index (χ0n) is 16.6. The first-order chi connectivity index (χ1) is 13.6. The summed E-state index contributed by atoms with van der Waals surface area (Å²) in [4.78, 5) is 6.30. The van der Waals surface area contributed by atoms with Gasteiger partial charge in [0.15, 0.2) is 0 Å². The smallest absolute Gasteiger partial charge is 0.379 e. The topological polar surface area (TPSA) is 28.2 Å². The van der Waals surface area contributed by atoms with Crippen molar-refractivity contribution in [2.24, 2.45) is 5.92 Å². The highest BCUT2D eigenvalue weighted by Crippen LogP contribution is 2.48. The standard InChI is InChI=1S/C22H25F4N3/c1-12-9-15(12)20-10-16-14(21(28-20)13(2)22(24,25)26)5-4-6-18(16)27-19-7-8-29(3)11-17(19)23/h4-6,10,12,15,17,19,27H,2,7-9,11H2,1,3H3/t12-,15+,17+,19-/m1/s1. The number of anilines is 1. The predicted molar refractivity (Wildman–Crippen MR) is 108 cm³/mol. The lowest BCUT2D eigenvalue weighted by Gasteiger charge is -2.33. The van der Waals surface area contributed by atoms with E-state index < -0.39 is 17.9 Å². The van der Waals surface area contributed by atoms with Crippen molar-refractivity contribution in [2.45, 2.75) is 44.1 Å². The van der Waals surface area contributed by atoms with E-state index in [0.29, 0.717) is 41.0 Å². The van der Waals surface area contributed by atoms with Crippen LogP contribution in [0.3, 0.4) is 0 Å². The fourth-order valence-electron chi connectivity index (χ4n) is 4.13. The first kappa shape index (κ1) is 20.1. The van der Waals surface area contributed by atoms with E-state index in [1.807, 2.05) is 18.0 Å². The maximum Gasteiger partial charge on any atom is 0.417 e. The van der Waals surface area contributed by atoms with Gasteiger partial charge in [0, 0.05) is 41.2 Å². The summed E-state index contributed by atoms with van der Waals surface area (Å²) < 4.78 is 54.9. The van der Waals surface area contributed by atoms with Gasteiger partial charge in [-0.05, 0) is 37.9 Å². The van der Waals surface area contributed by atoms with Crippen molar-refractivity contribution in [3.63, 3.8) is 0 Å². The Balaban J connectivity index is 1.79. The summed E-state index contributed by atoms with van der Waals surface area (Å²) in [6, 6.07) is 6.60. The second kappa shape index (κ2) is 7.27. The van der Waals surface area contributed by atoms with E-state index in [9.17, 15) is 17.6 Å². The van der Waals surface area contributed by atoms with Crippen molar-refractivity contribution in [1.82, 2.24) is 9.88 Å². The SMILES string of the molecule is C=C(c1nc([C@H]2C[C@H]2C)cc2c(N[C@@H]3CCN(C)C[C@@H]3F)cccc12)C(F)(F)F. The highest BCUT2D eigenvalue weighted by molar-refractivity contribution is 6.00. The Bertz CT molecular complexity index is 940. The van der Waals surface area contributed by atoms with Gasteiger partial charge in [-0.1, -0.05) is 25.6 Å². The molecule has 29 heavy (non-hydrogen) atoms. The van der Waals surface area contributed by atoms with Gasteiger partial charge in [-0.15, -0.1) is 0 Å². The monoisotopic (exact) mass is 407 g/mol. The zero-order chi connectivity index (χ0) is 20.9. The molecule has 2 aliphatic rings. The third-order valence-corrected chi connectivity index (χ3v) is 6.10. The maximum absolute atomic E-state index is 14.5. The van der Waals surface area contributed by atoms with E-state index in [2.05, 4.69) is 23.8 Å². The van der Waals surface area contributed by atoms with Crippen LogP contribution in [0, 0.1) is 5.92 Å². The molecule has 1 aliphatic heterocycles. The van der Waals surface area contributed by atoms with E-state index in [4.69, 9.17) is 0 Å². The largest absolute Gasteiger partial charge is 0.417 e. The highest BCUT2D eigenvalue weighted by Gasteiger charge is 2.39. The zero-order valence-corrected chi connectivity index (χ0v) is 16.6. The first-order valence-electron chi connectivity index (χ1n) is 9.94. The number of fused-ring (bicyclic) bond motifs is 1. The van der Waals surface area contributed by atoms with Crippen LogP contribution in [0.25, 0.3) is 16.3 Å². The number of piperidine rings is 1. The molecule has 1 saturated heterocycles. The number of aromatic nitrogens is 1. The molecule has 3 nitrogen and oxygen atoms in total. The van der Waals surface area contributed by atoms with Crippen LogP contribution >= 0.6 is 0 Å². The predicted octanol–water partition coefficient (Wildman–Crippen LogP) is 5.39. The van der Waals surface area contributed by atoms with Crippen molar-refractivity contribution in [2.75, 3.05) is 25.5 Å². The molecule has 1 N–H and O–H groups in total. The van der Waals surface area contributed by atoms with Gasteiger partial charge < -0.3 is 10.2 Å². The number of alkyl halides is 4. The molecule has 1 saturated carbocycles. The van der Waals surface area contributed by atoms with Crippen molar-refractivity contribution in [1.29, 1.82) is 0 Å². The molecule has 2 aromatic rings. The Labute approximate surface area is 167 Å². The average Bonchev–Trinajstić information content (AvgIpc) is 3.38. The number of pyridine rings is 1. The lowest BCUT2D eigenvalue weighted by atomic mass is 9.99. The fourth-order valence-corrected chi connectivity index (χ4v) is 4.13. The lowest BCUT2D eigenvalue weighted by Crippen LogP contribution is -2.46. The molecule has 1 aromatic heterocycles. The van der Waals surface area contributed by atoms with E-state index in [1.54, 1.807) is 18.2 Å². The average molecular weight is 407 g/mol. The number of hydrogen-bond donors (Lipinski definition) is 1. The molecule has 2 heterocycles. The number of halogens is 4. The Morgan fingerprint density at radius 3 is 2.62 bits per heavy atom. The Morgan fingerprint density at radius 2 is 2.00 bits per heavy atom. The van der Waals surface area contributed by atoms with Gasteiger partial charge in [0.2, 0.25) is 0 Å². The maximum atomic E-state index is 14.5. The number of allylic oxidation sites excluding steroid dienone is 1. The molecule has 4 rings (SSSR count). The minimum Gasteiger partial charge on any atom is -0.379 e. The summed E-state index contributed by atoms with van der Waals surface area (Å²) >= 11 is 0. The Hall–Kier alpha value is -2.15. The molecule has 0 spiro atoms. The molecule has 156 valence electrons. The van der Waals surface area contributed by atoms with E-state index >= 15 is 0 Å². The number of nitrogens with zero attached hydrogens (tertiary/aromatic N) is 2. The summed E-state index contributed by atoms with van der Waals surface area (Å²) in [5, 5.41) is 4.29. The van der Waals surface area contributed by atoms with Gasteiger partial charge in [0.05, 0.1) is 17.3 Å². The third-order valence-electron chi connectivity index (χ3n) is 6.10. The van der Waals surface area contributed by atoms with Crippen LogP contribution in [0.4, 0.5) is 23.2 Å². The molecule has 4 atom stereocenters. The summed E-state index contributed by atoms with van der Waals surface area (Å²) in [6.45, 7) is 6.45. The molecular weight excluding hydrogens is 382 g/mol. The summed E-state index contributed by atoms with van der Waals surface area (Å²) in [5.74, 6) is 0.556. The van der Waals surface area contributed by atoms with Gasteiger partial charge in [0.25, 0.3) is 0 Å². The van der Waals surface area contributed by atoms with Crippen LogP contribution in [0.2, 0.25) is 0 Å². The minimum atomic E-state index is -4.56. The van der Waals surface area contributed by atoms with Crippen LogP contribution in [0.15, 0.2) is 30.8 Å². The Kier molecular flexibility index (Phi) is 5.05. The molecule has 1 aromatic carbocycles. The Morgan fingerprint density at radius 1 is 1.28 bits per heavy atom. The molecule has 0 unspecified atom stereocenters. The molecular formula is C22H25F4N3. The van der Waals surface area contributed by atoms with Gasteiger partial charge in [-0.3, -0.25) is 4.98 Å². The van der Waals surface area contributed by atoms with Crippen molar-refractivity contribution >= 4 is 22.0 Å². The normalized spacial score (nSPS) is 27.8. The molecule has 1 aliphatic carbocycles. The van der Waals surface area contributed by atoms with Gasteiger partial charge >= 0.3 is 6.18 Å². The van der Waals surface area contributed by atoms with Crippen LogP contribution in [-0.4, -0.2) is 48.4 Å². The third kappa shape index (κ3) is 3.97. The number of rotatable bonds is 4. The number of benzene rings is 1. The number of likely N-dealkylation sites (tertiary alicyclic amines) is 1. The molecule has 7 heteroatoms. The second-order valence-electron chi connectivity index (χ2n) is 8.41. The quantitative estimate of drug-likeness (QED) is 0.689. The van der Waals surface area contributed by atoms with Crippen molar-refractivity contribution < 1.29 is 17.6 Å². The van der Waals surface area contributed by atoms with Crippen molar-refractivity contribution in [3.05, 3.63) is 42.2 Å². The van der Waals surface area contributed by atoms with Crippen molar-refractivity contribution in [3.8, 4) is 0 Å². The van der Waals surface area contributed by atoms with Gasteiger partial charge in [0.1, 0.15) is 6.17 Å². The molecule has 0 bridgehead atoms. The van der Waals surface area contributed by atoms with E-state index in [1.165, 1.54) is 0 Å². The van der Waals surface area contributed by atoms with Crippen LogP contribution < -0.4 is 5.32 Å². The highest BCUT2D eigenvalue weighted by atomic mass is 19.4. The second-order valence-corrected chi connectivity index (χ2v) is 8.41. The van der Waals surface area contributed by atoms with Crippen LogP contribution in [-0.2, 0) is 0 Å². The summed E-state index contributed by atoms with van der Waals surface area (Å²) in [7, 11) is 1.88. The summed E-state index contributed by atoms with van der Waals surface area (Å²) in [5.41, 5.74) is 0.220. The fraction of sp³-hybridized carbons (Fsp3) is 0.500. The molecule has 0 amide bonds. The van der Waals surface area contributed by atoms with Crippen LogP contribution in [0.1, 0.15) is 37.1 Å². The lowest BCUT2D eigenvalue weighted by molar-refractivity contribution is -0.0688. The minimum absolute atomic E-state index is 0.132.